The maximum absolute atomic E-state index is 12.9. The van der Waals surface area contributed by atoms with E-state index in [0.717, 1.165) is 6.20 Å². The second-order valence-corrected chi connectivity index (χ2v) is 3.37. The Morgan fingerprint density at radius 2 is 2.08 bits per heavy atom. The van der Waals surface area contributed by atoms with Gasteiger partial charge in [0.15, 0.2) is 0 Å². The summed E-state index contributed by atoms with van der Waals surface area (Å²) in [7, 11) is 0. The minimum absolute atomic E-state index is 0.0768. The highest BCUT2D eigenvalue weighted by atomic mass is 127. The number of alkyl halides is 2. The van der Waals surface area contributed by atoms with Gasteiger partial charge in [0, 0.05) is 6.20 Å². The van der Waals surface area contributed by atoms with Crippen LogP contribution in [0.1, 0.15) is 12.0 Å². The molecule has 0 bridgehead atoms. The van der Waals surface area contributed by atoms with Crippen molar-refractivity contribution in [1.29, 1.82) is 0 Å². The van der Waals surface area contributed by atoms with Crippen LogP contribution in [0.15, 0.2) is 6.20 Å². The molecule has 1 rings (SSSR count). The van der Waals surface area contributed by atoms with E-state index in [1.807, 2.05) is 0 Å². The van der Waals surface area contributed by atoms with Gasteiger partial charge in [-0.2, -0.15) is 0 Å². The van der Waals surface area contributed by atoms with Crippen molar-refractivity contribution in [2.75, 3.05) is 0 Å². The fourth-order valence-corrected chi connectivity index (χ4v) is 1.19. The highest BCUT2D eigenvalue weighted by molar-refractivity contribution is 14.1. The monoisotopic (exact) mass is 307 g/mol. The summed E-state index contributed by atoms with van der Waals surface area (Å²) in [4.78, 5) is 3.40. The molecule has 0 amide bonds. The number of nitrogens with zero attached hydrogens (tertiary/aromatic N) is 1. The molecule has 1 aromatic rings. The first-order valence-electron chi connectivity index (χ1n) is 2.81. The highest BCUT2D eigenvalue weighted by Crippen LogP contribution is 2.27. The van der Waals surface area contributed by atoms with Crippen LogP contribution in [0.5, 0.6) is 0 Å². The lowest BCUT2D eigenvalue weighted by Gasteiger charge is -2.03. The lowest BCUT2D eigenvalue weighted by Crippen LogP contribution is -1.96. The van der Waals surface area contributed by atoms with Crippen LogP contribution in [-0.2, 0) is 0 Å². The van der Waals surface area contributed by atoms with Crippen LogP contribution in [0.4, 0.5) is 13.2 Å². The van der Waals surface area contributed by atoms with Gasteiger partial charge >= 0.3 is 0 Å². The Kier molecular flexibility index (Phi) is 3.16. The van der Waals surface area contributed by atoms with Gasteiger partial charge in [-0.25, -0.2) is 18.2 Å². The third-order valence-electron chi connectivity index (χ3n) is 1.18. The Bertz CT molecular complexity index is 305. The molecular weight excluding hydrogens is 305 g/mol. The van der Waals surface area contributed by atoms with Gasteiger partial charge in [0.05, 0.1) is 9.13 Å². The zero-order chi connectivity index (χ0) is 9.30. The molecule has 66 valence electrons. The molecule has 0 fully saturated rings. The first-order chi connectivity index (χ1) is 5.54. The highest BCUT2D eigenvalue weighted by Gasteiger charge is 2.18. The first kappa shape index (κ1) is 10.0. The Balaban J connectivity index is 3.27. The molecule has 0 atom stereocenters. The maximum Gasteiger partial charge on any atom is 0.268 e. The number of pyridine rings is 1. The third kappa shape index (κ3) is 1.82. The Morgan fingerprint density at radius 1 is 1.50 bits per heavy atom. The van der Waals surface area contributed by atoms with Gasteiger partial charge in [-0.1, -0.05) is 11.6 Å². The topological polar surface area (TPSA) is 12.9 Å². The van der Waals surface area contributed by atoms with E-state index >= 15 is 0 Å². The van der Waals surface area contributed by atoms with Crippen LogP contribution in [0.3, 0.4) is 0 Å². The van der Waals surface area contributed by atoms with Gasteiger partial charge < -0.3 is 0 Å². The van der Waals surface area contributed by atoms with Crippen molar-refractivity contribution in [3.63, 3.8) is 0 Å². The van der Waals surface area contributed by atoms with E-state index in [9.17, 15) is 13.2 Å². The maximum atomic E-state index is 12.9. The van der Waals surface area contributed by atoms with E-state index in [4.69, 9.17) is 11.6 Å². The fourth-order valence-electron chi connectivity index (χ4n) is 0.609. The summed E-state index contributed by atoms with van der Waals surface area (Å²) < 4.78 is 36.9. The molecule has 0 aliphatic rings. The molecular formula is C6H2ClF3IN. The van der Waals surface area contributed by atoms with Gasteiger partial charge in [-0.3, -0.25) is 0 Å². The lowest BCUT2D eigenvalue weighted by molar-refractivity contribution is 0.145. The lowest BCUT2D eigenvalue weighted by atomic mass is 10.3. The van der Waals surface area contributed by atoms with Crippen molar-refractivity contribution in [1.82, 2.24) is 4.98 Å². The number of hydrogen-bond donors (Lipinski definition) is 0. The van der Waals surface area contributed by atoms with Crippen molar-refractivity contribution < 1.29 is 13.2 Å². The zero-order valence-corrected chi connectivity index (χ0v) is 8.41. The molecule has 1 heterocycles. The van der Waals surface area contributed by atoms with E-state index in [-0.39, 0.29) is 8.72 Å². The van der Waals surface area contributed by atoms with E-state index in [0.29, 0.717) is 0 Å². The smallest absolute Gasteiger partial charge is 0.243 e. The molecule has 0 aliphatic heterocycles. The van der Waals surface area contributed by atoms with Gasteiger partial charge in [0.1, 0.15) is 11.0 Å². The van der Waals surface area contributed by atoms with Crippen LogP contribution in [-0.4, -0.2) is 4.98 Å². The van der Waals surface area contributed by atoms with Crippen molar-refractivity contribution in [3.05, 3.63) is 26.3 Å². The molecule has 0 saturated heterocycles. The number of hydrogen-bond acceptors (Lipinski definition) is 1. The van der Waals surface area contributed by atoms with Gasteiger partial charge in [-0.05, 0) is 22.6 Å². The standard InChI is InChI=1S/C6H2ClF3IN/c7-5-4(11)3(8)2(1-12-5)6(9)10/h1,6H. The van der Waals surface area contributed by atoms with E-state index in [1.165, 1.54) is 22.6 Å². The fraction of sp³-hybridized carbons (Fsp3) is 0.167. The average molecular weight is 307 g/mol. The molecule has 0 unspecified atom stereocenters. The third-order valence-corrected chi connectivity index (χ3v) is 2.77. The molecule has 1 nitrogen and oxygen atoms in total. The Hall–Kier alpha value is -0.0400. The van der Waals surface area contributed by atoms with Crippen LogP contribution in [0.2, 0.25) is 5.15 Å². The molecule has 12 heavy (non-hydrogen) atoms. The first-order valence-corrected chi connectivity index (χ1v) is 4.27. The second-order valence-electron chi connectivity index (χ2n) is 1.93. The van der Waals surface area contributed by atoms with E-state index in [2.05, 4.69) is 4.98 Å². The summed E-state index contributed by atoms with van der Waals surface area (Å²) >= 11 is 6.91. The molecule has 0 aromatic carbocycles. The second kappa shape index (κ2) is 3.78. The summed E-state index contributed by atoms with van der Waals surface area (Å²) in [6.07, 6.45) is -2.12. The Morgan fingerprint density at radius 3 is 2.58 bits per heavy atom. The number of aromatic nitrogens is 1. The SMILES string of the molecule is Fc1c(C(F)F)cnc(Cl)c1I. The zero-order valence-electron chi connectivity index (χ0n) is 5.49. The average Bonchev–Trinajstić information content (AvgIpc) is 2.00. The minimum Gasteiger partial charge on any atom is -0.243 e. The quantitative estimate of drug-likeness (QED) is 0.572. The van der Waals surface area contributed by atoms with Gasteiger partial charge in [0.2, 0.25) is 0 Å². The summed E-state index contributed by atoms with van der Waals surface area (Å²) in [5, 5.41) is -0.0995. The van der Waals surface area contributed by atoms with Gasteiger partial charge in [0.25, 0.3) is 6.43 Å². The summed E-state index contributed by atoms with van der Waals surface area (Å²) in [6.45, 7) is 0. The van der Waals surface area contributed by atoms with E-state index in [1.54, 1.807) is 0 Å². The predicted molar refractivity (Wildman–Crippen MR) is 46.9 cm³/mol. The van der Waals surface area contributed by atoms with E-state index < -0.39 is 17.8 Å². The van der Waals surface area contributed by atoms with Crippen molar-refractivity contribution in [2.45, 2.75) is 6.43 Å². The van der Waals surface area contributed by atoms with Crippen LogP contribution < -0.4 is 0 Å². The normalized spacial score (nSPS) is 10.8. The largest absolute Gasteiger partial charge is 0.268 e. The molecule has 0 N–H and O–H groups in total. The molecule has 6 heteroatoms. The molecule has 0 aliphatic carbocycles. The summed E-state index contributed by atoms with van der Waals surface area (Å²) in [5.74, 6) is -0.995. The van der Waals surface area contributed by atoms with Crippen molar-refractivity contribution >= 4 is 34.2 Å². The van der Waals surface area contributed by atoms with Crippen molar-refractivity contribution in [2.24, 2.45) is 0 Å². The minimum atomic E-state index is -2.86. The van der Waals surface area contributed by atoms with Crippen LogP contribution in [0.25, 0.3) is 0 Å². The number of rotatable bonds is 1. The molecule has 0 spiro atoms. The molecule has 1 aromatic heterocycles. The Labute approximate surface area is 85.1 Å². The molecule has 0 saturated carbocycles. The number of halogens is 5. The van der Waals surface area contributed by atoms with Crippen molar-refractivity contribution in [3.8, 4) is 0 Å². The summed E-state index contributed by atoms with van der Waals surface area (Å²) in [6, 6.07) is 0. The molecule has 0 radical (unpaired) electrons. The summed E-state index contributed by atoms with van der Waals surface area (Å²) in [5.41, 5.74) is -0.719. The predicted octanol–water partition coefficient (Wildman–Crippen LogP) is 3.42. The van der Waals surface area contributed by atoms with Crippen LogP contribution >= 0.6 is 34.2 Å². The van der Waals surface area contributed by atoms with Gasteiger partial charge in [-0.15, -0.1) is 0 Å². The van der Waals surface area contributed by atoms with Crippen LogP contribution in [0, 0.1) is 9.39 Å².